The van der Waals surface area contributed by atoms with Crippen molar-refractivity contribution in [1.82, 2.24) is 4.98 Å². The fourth-order valence-corrected chi connectivity index (χ4v) is 1.66. The predicted octanol–water partition coefficient (Wildman–Crippen LogP) is 2.52. The summed E-state index contributed by atoms with van der Waals surface area (Å²) >= 11 is 0. The first-order chi connectivity index (χ1) is 9.40. The third kappa shape index (κ3) is 1.97. The maximum Gasteiger partial charge on any atom is 0.200 e. The van der Waals surface area contributed by atoms with Gasteiger partial charge < -0.3 is 10.8 Å². The van der Waals surface area contributed by atoms with Gasteiger partial charge in [-0.3, -0.25) is 4.98 Å². The summed E-state index contributed by atoms with van der Waals surface area (Å²) in [6, 6.07) is 1.25. The Morgan fingerprint density at radius 1 is 0.950 bits per heavy atom. The van der Waals surface area contributed by atoms with Crippen molar-refractivity contribution in [2.75, 3.05) is 5.73 Å². The number of benzene rings is 1. The fourth-order valence-electron chi connectivity index (χ4n) is 1.66. The first-order valence-corrected chi connectivity index (χ1v) is 5.26. The highest BCUT2D eigenvalue weighted by Crippen LogP contribution is 2.34. The summed E-state index contributed by atoms with van der Waals surface area (Å²) < 4.78 is 66.4. The lowest BCUT2D eigenvalue weighted by atomic mass is 10.0. The van der Waals surface area contributed by atoms with Gasteiger partial charge >= 0.3 is 0 Å². The minimum atomic E-state index is -2.26. The second kappa shape index (κ2) is 5.04. The van der Waals surface area contributed by atoms with Crippen LogP contribution in [0, 0.1) is 29.1 Å². The number of hydrogen-bond donors (Lipinski definition) is 2. The largest absolute Gasteiger partial charge is 0.397 e. The number of aromatic nitrogens is 1. The molecule has 0 aliphatic heterocycles. The molecule has 1 heterocycles. The molecule has 2 aromatic rings. The van der Waals surface area contributed by atoms with Gasteiger partial charge in [-0.1, -0.05) is 0 Å². The molecular weight excluding hydrogens is 283 g/mol. The van der Waals surface area contributed by atoms with Gasteiger partial charge in [0.2, 0.25) is 5.82 Å². The zero-order valence-corrected chi connectivity index (χ0v) is 9.72. The first-order valence-electron chi connectivity index (χ1n) is 5.26. The van der Waals surface area contributed by atoms with E-state index in [-0.39, 0.29) is 11.3 Å². The Morgan fingerprint density at radius 3 is 1.95 bits per heavy atom. The van der Waals surface area contributed by atoms with Gasteiger partial charge in [0, 0.05) is 11.8 Å². The molecular formula is C12H7F5N2O. The van der Waals surface area contributed by atoms with Gasteiger partial charge in [-0.05, 0) is 6.07 Å². The van der Waals surface area contributed by atoms with E-state index in [1.165, 1.54) is 6.07 Å². The molecule has 3 nitrogen and oxygen atoms in total. The second-order valence-corrected chi connectivity index (χ2v) is 3.84. The predicted molar refractivity (Wildman–Crippen MR) is 59.8 cm³/mol. The van der Waals surface area contributed by atoms with Gasteiger partial charge in [0.25, 0.3) is 0 Å². The minimum absolute atomic E-state index is 0.0546. The van der Waals surface area contributed by atoms with E-state index in [9.17, 15) is 22.0 Å². The molecule has 106 valence electrons. The van der Waals surface area contributed by atoms with Crippen molar-refractivity contribution < 1.29 is 27.1 Å². The van der Waals surface area contributed by atoms with Gasteiger partial charge in [-0.15, -0.1) is 0 Å². The number of aliphatic hydroxyl groups excluding tert-OH is 1. The Balaban J connectivity index is 2.84. The smallest absolute Gasteiger partial charge is 0.200 e. The van der Waals surface area contributed by atoms with Crippen molar-refractivity contribution >= 4 is 5.69 Å². The number of nitrogens with zero attached hydrogens (tertiary/aromatic N) is 1. The van der Waals surface area contributed by atoms with Crippen molar-refractivity contribution in [1.29, 1.82) is 0 Å². The van der Waals surface area contributed by atoms with Crippen LogP contribution in [-0.2, 0) is 6.61 Å². The van der Waals surface area contributed by atoms with E-state index in [0.29, 0.717) is 0 Å². The zero-order chi connectivity index (χ0) is 15.0. The Morgan fingerprint density at radius 2 is 1.45 bits per heavy atom. The van der Waals surface area contributed by atoms with E-state index >= 15 is 0 Å². The SMILES string of the molecule is Nc1c(CO)ccnc1-c1c(F)c(F)c(F)c(F)c1F. The molecule has 0 aliphatic rings. The zero-order valence-electron chi connectivity index (χ0n) is 9.72. The standard InChI is InChI=1S/C12H7F5N2O/c13-6-5(7(14)9(16)10(17)8(6)15)12-11(18)4(3-20)1-2-19-12/h1-2,20H,3,18H2. The van der Waals surface area contributed by atoms with Crippen molar-refractivity contribution in [3.63, 3.8) is 0 Å². The third-order valence-electron chi connectivity index (χ3n) is 2.70. The van der Waals surface area contributed by atoms with Crippen molar-refractivity contribution in [3.05, 3.63) is 46.9 Å². The molecule has 0 saturated heterocycles. The molecule has 1 aromatic heterocycles. The van der Waals surface area contributed by atoms with E-state index in [1.54, 1.807) is 0 Å². The second-order valence-electron chi connectivity index (χ2n) is 3.84. The number of nitrogen functional groups attached to an aromatic ring is 1. The minimum Gasteiger partial charge on any atom is -0.397 e. The summed E-state index contributed by atoms with van der Waals surface area (Å²) in [5.74, 6) is -10.5. The molecule has 0 spiro atoms. The van der Waals surface area contributed by atoms with Crippen molar-refractivity contribution in [2.24, 2.45) is 0 Å². The molecule has 0 radical (unpaired) electrons. The maximum atomic E-state index is 13.6. The van der Waals surface area contributed by atoms with Crippen LogP contribution in [0.3, 0.4) is 0 Å². The molecule has 0 atom stereocenters. The quantitative estimate of drug-likeness (QED) is 0.507. The molecule has 0 fully saturated rings. The first kappa shape index (κ1) is 14.2. The number of hydrogen-bond acceptors (Lipinski definition) is 3. The van der Waals surface area contributed by atoms with Crippen molar-refractivity contribution in [2.45, 2.75) is 6.61 Å². The summed E-state index contributed by atoms with van der Waals surface area (Å²) in [6.07, 6.45) is 1.04. The van der Waals surface area contributed by atoms with E-state index in [2.05, 4.69) is 4.98 Å². The third-order valence-corrected chi connectivity index (χ3v) is 2.70. The molecule has 0 saturated carbocycles. The normalized spacial score (nSPS) is 10.9. The summed E-state index contributed by atoms with van der Waals surface area (Å²) in [4.78, 5) is 3.52. The van der Waals surface area contributed by atoms with Crippen molar-refractivity contribution in [3.8, 4) is 11.3 Å². The van der Waals surface area contributed by atoms with Gasteiger partial charge in [0.05, 0.1) is 23.6 Å². The van der Waals surface area contributed by atoms with Gasteiger partial charge in [-0.25, -0.2) is 22.0 Å². The Labute approximate surface area is 109 Å². The molecule has 3 N–H and O–H groups in total. The topological polar surface area (TPSA) is 59.1 Å². The molecule has 0 unspecified atom stereocenters. The number of rotatable bonds is 2. The summed E-state index contributed by atoms with van der Waals surface area (Å²) in [7, 11) is 0. The number of pyridine rings is 1. The molecule has 0 amide bonds. The molecule has 0 aliphatic carbocycles. The van der Waals surface area contributed by atoms with Crippen LogP contribution in [-0.4, -0.2) is 10.1 Å². The molecule has 0 bridgehead atoms. The Hall–Kier alpha value is -2.22. The Bertz CT molecular complexity index is 661. The number of nitrogens with two attached hydrogens (primary N) is 1. The van der Waals surface area contributed by atoms with Crippen LogP contribution in [0.4, 0.5) is 27.6 Å². The average Bonchev–Trinajstić information content (AvgIpc) is 2.45. The van der Waals surface area contributed by atoms with Crippen LogP contribution in [0.2, 0.25) is 0 Å². The molecule has 8 heteroatoms. The average molecular weight is 290 g/mol. The lowest BCUT2D eigenvalue weighted by Crippen LogP contribution is -2.07. The monoisotopic (exact) mass is 290 g/mol. The molecule has 2 rings (SSSR count). The van der Waals surface area contributed by atoms with Crippen LogP contribution in [0.15, 0.2) is 12.3 Å². The van der Waals surface area contributed by atoms with E-state index < -0.39 is 47.0 Å². The van der Waals surface area contributed by atoms with E-state index in [0.717, 1.165) is 6.20 Å². The number of halogens is 5. The number of aliphatic hydroxyl groups is 1. The fraction of sp³-hybridized carbons (Fsp3) is 0.0833. The highest BCUT2D eigenvalue weighted by molar-refractivity contribution is 5.75. The Kier molecular flexibility index (Phi) is 3.58. The lowest BCUT2D eigenvalue weighted by molar-refractivity contribution is 0.282. The maximum absolute atomic E-state index is 13.6. The summed E-state index contributed by atoms with van der Waals surface area (Å²) in [6.45, 7) is -0.573. The van der Waals surface area contributed by atoms with Gasteiger partial charge in [0.1, 0.15) is 0 Å². The summed E-state index contributed by atoms with van der Waals surface area (Å²) in [5, 5.41) is 8.98. The lowest BCUT2D eigenvalue weighted by Gasteiger charge is -2.11. The van der Waals surface area contributed by atoms with Crippen LogP contribution >= 0.6 is 0 Å². The van der Waals surface area contributed by atoms with E-state index in [1.807, 2.05) is 0 Å². The number of anilines is 1. The van der Waals surface area contributed by atoms with Crippen LogP contribution in [0.1, 0.15) is 5.56 Å². The highest BCUT2D eigenvalue weighted by atomic mass is 19.2. The van der Waals surface area contributed by atoms with E-state index in [4.69, 9.17) is 10.8 Å². The van der Waals surface area contributed by atoms with Crippen LogP contribution in [0.25, 0.3) is 11.3 Å². The van der Waals surface area contributed by atoms with Crippen LogP contribution < -0.4 is 5.73 Å². The molecule has 1 aromatic carbocycles. The molecule has 20 heavy (non-hydrogen) atoms. The highest BCUT2D eigenvalue weighted by Gasteiger charge is 2.28. The van der Waals surface area contributed by atoms with Gasteiger partial charge in [-0.2, -0.15) is 0 Å². The van der Waals surface area contributed by atoms with Gasteiger partial charge in [0.15, 0.2) is 23.3 Å². The van der Waals surface area contributed by atoms with Crippen LogP contribution in [0.5, 0.6) is 0 Å². The summed E-state index contributed by atoms with van der Waals surface area (Å²) in [5.41, 5.74) is 3.35.